The Bertz CT molecular complexity index is 1670. The van der Waals surface area contributed by atoms with E-state index in [9.17, 15) is 9.59 Å². The summed E-state index contributed by atoms with van der Waals surface area (Å²) in [6.45, 7) is 2.27. The predicted molar refractivity (Wildman–Crippen MR) is 140 cm³/mol. The number of nitrogens with zero attached hydrogens (tertiary/aromatic N) is 2. The van der Waals surface area contributed by atoms with E-state index in [1.54, 1.807) is 20.1 Å². The van der Waals surface area contributed by atoms with Crippen molar-refractivity contribution in [2.75, 3.05) is 12.4 Å². The van der Waals surface area contributed by atoms with Crippen molar-refractivity contribution < 1.29 is 13.9 Å². The van der Waals surface area contributed by atoms with E-state index >= 15 is 0 Å². The zero-order chi connectivity index (χ0) is 25.4. The molecule has 8 nitrogen and oxygen atoms in total. The zero-order valence-electron chi connectivity index (χ0n) is 19.7. The van der Waals surface area contributed by atoms with E-state index < -0.39 is 11.5 Å². The highest BCUT2D eigenvalue weighted by Gasteiger charge is 2.19. The lowest BCUT2D eigenvalue weighted by molar-refractivity contribution is 0.0996. The number of rotatable bonds is 7. The Hall–Kier alpha value is -4.30. The Kier molecular flexibility index (Phi) is 6.12. The quantitative estimate of drug-likeness (QED) is 0.296. The molecule has 3 N–H and O–H groups in total. The summed E-state index contributed by atoms with van der Waals surface area (Å²) in [5.41, 5.74) is 8.69. The summed E-state index contributed by atoms with van der Waals surface area (Å²) < 4.78 is 12.8. The molecule has 0 aliphatic heterocycles. The minimum Gasteiger partial charge on any atom is -0.497 e. The average Bonchev–Trinajstić information content (AvgIpc) is 3.17. The van der Waals surface area contributed by atoms with Crippen LogP contribution >= 0.6 is 11.6 Å². The first-order valence-electron chi connectivity index (χ1n) is 11.3. The van der Waals surface area contributed by atoms with Gasteiger partial charge in [0.25, 0.3) is 5.91 Å². The van der Waals surface area contributed by atoms with Gasteiger partial charge in [-0.2, -0.15) is 0 Å². The fourth-order valence-corrected chi connectivity index (χ4v) is 4.52. The van der Waals surface area contributed by atoms with E-state index in [1.165, 1.54) is 0 Å². The van der Waals surface area contributed by atoms with Crippen LogP contribution in [0.3, 0.4) is 0 Å². The lowest BCUT2D eigenvalue weighted by atomic mass is 10.1. The highest BCUT2D eigenvalue weighted by atomic mass is 35.5. The third-order valence-corrected chi connectivity index (χ3v) is 6.38. The number of ether oxygens (including phenoxy) is 1. The van der Waals surface area contributed by atoms with Crippen LogP contribution in [0, 0.1) is 6.92 Å². The second-order valence-electron chi connectivity index (χ2n) is 8.41. The molecular weight excluding hydrogens is 480 g/mol. The second-order valence-corrected chi connectivity index (χ2v) is 8.85. The van der Waals surface area contributed by atoms with Crippen LogP contribution in [0.5, 0.6) is 5.75 Å². The number of anilines is 2. The Morgan fingerprint density at radius 3 is 2.64 bits per heavy atom. The number of carbonyl (C=O) groups excluding carboxylic acids is 1. The molecular formula is C27H23ClN4O4. The maximum absolute atomic E-state index is 12.4. The number of hydrogen-bond donors (Lipinski definition) is 2. The van der Waals surface area contributed by atoms with Crippen LogP contribution in [0.2, 0.25) is 5.02 Å². The number of nitrogens with one attached hydrogen (secondary N) is 1. The molecule has 0 aliphatic rings. The van der Waals surface area contributed by atoms with Gasteiger partial charge in [0.2, 0.25) is 5.95 Å². The van der Waals surface area contributed by atoms with E-state index in [0.717, 1.165) is 22.5 Å². The third-order valence-electron chi connectivity index (χ3n) is 6.14. The molecule has 2 heterocycles. The van der Waals surface area contributed by atoms with E-state index in [2.05, 4.69) is 5.32 Å². The second kappa shape index (κ2) is 9.39. The predicted octanol–water partition coefficient (Wildman–Crippen LogP) is 5.20. The summed E-state index contributed by atoms with van der Waals surface area (Å²) in [7, 11) is 1.62. The molecule has 0 radical (unpaired) electrons. The molecule has 0 atom stereocenters. The number of aryl methyl sites for hydroxylation is 3. The summed E-state index contributed by atoms with van der Waals surface area (Å²) in [6.07, 6.45) is 0.699. The normalized spacial score (nSPS) is 11.2. The van der Waals surface area contributed by atoms with E-state index in [1.807, 2.05) is 59.2 Å². The van der Waals surface area contributed by atoms with Crippen LogP contribution in [-0.4, -0.2) is 22.6 Å². The Balaban J connectivity index is 1.64. The van der Waals surface area contributed by atoms with Gasteiger partial charge in [0.05, 0.1) is 18.1 Å². The van der Waals surface area contributed by atoms with Gasteiger partial charge in [0.1, 0.15) is 16.9 Å². The summed E-state index contributed by atoms with van der Waals surface area (Å²) in [5, 5.41) is 4.65. The molecule has 1 amide bonds. The zero-order valence-corrected chi connectivity index (χ0v) is 20.4. The highest BCUT2D eigenvalue weighted by molar-refractivity contribution is 6.30. The maximum Gasteiger partial charge on any atom is 0.349 e. The van der Waals surface area contributed by atoms with Crippen LogP contribution in [-0.2, 0) is 13.0 Å². The number of benzene rings is 3. The summed E-state index contributed by atoms with van der Waals surface area (Å²) in [6, 6.07) is 18.8. The van der Waals surface area contributed by atoms with Crippen LogP contribution in [0.25, 0.3) is 22.0 Å². The fourth-order valence-electron chi connectivity index (χ4n) is 4.31. The van der Waals surface area contributed by atoms with E-state index in [0.29, 0.717) is 46.0 Å². The molecule has 5 rings (SSSR count). The van der Waals surface area contributed by atoms with Crippen molar-refractivity contribution in [3.63, 3.8) is 0 Å². The number of aromatic nitrogens is 2. The van der Waals surface area contributed by atoms with Crippen molar-refractivity contribution in [2.24, 2.45) is 5.73 Å². The van der Waals surface area contributed by atoms with Crippen molar-refractivity contribution in [2.45, 2.75) is 19.9 Å². The minimum absolute atomic E-state index is 0.154. The molecule has 0 fully saturated rings. The standard InChI is InChI=1S/C27H23ClN4O4/c1-15-20-13-21-22(14-23(20)36-26(34)24(15)25(29)33)32(11-10-16-4-3-5-17(28)12-16)27(31-21)30-18-6-8-19(35-2)9-7-18/h3-9,12-14H,10-11H2,1-2H3,(H2,29,33)(H,30,31). The van der Waals surface area contributed by atoms with E-state index in [4.69, 9.17) is 31.5 Å². The van der Waals surface area contributed by atoms with Crippen molar-refractivity contribution in [3.05, 3.63) is 92.8 Å². The van der Waals surface area contributed by atoms with Crippen molar-refractivity contribution >= 4 is 51.1 Å². The number of hydrogen-bond acceptors (Lipinski definition) is 6. The molecule has 9 heteroatoms. The summed E-state index contributed by atoms with van der Waals surface area (Å²) in [4.78, 5) is 29.1. The number of halogens is 1. The first kappa shape index (κ1) is 23.4. The average molecular weight is 503 g/mol. The van der Waals surface area contributed by atoms with Gasteiger partial charge in [-0.05, 0) is 66.9 Å². The number of imidazole rings is 1. The molecule has 5 aromatic rings. The molecule has 182 valence electrons. The summed E-state index contributed by atoms with van der Waals surface area (Å²) >= 11 is 6.18. The topological polar surface area (TPSA) is 112 Å². The smallest absolute Gasteiger partial charge is 0.349 e. The van der Waals surface area contributed by atoms with Crippen LogP contribution in [0.1, 0.15) is 21.5 Å². The molecule has 0 spiro atoms. The number of primary amides is 1. The van der Waals surface area contributed by atoms with Gasteiger partial charge in [-0.1, -0.05) is 23.7 Å². The molecule has 0 aliphatic carbocycles. The van der Waals surface area contributed by atoms with Crippen molar-refractivity contribution in [3.8, 4) is 5.75 Å². The van der Waals surface area contributed by atoms with Crippen LogP contribution in [0.4, 0.5) is 11.6 Å². The monoisotopic (exact) mass is 502 g/mol. The van der Waals surface area contributed by atoms with Gasteiger partial charge in [-0.25, -0.2) is 9.78 Å². The maximum atomic E-state index is 12.4. The van der Waals surface area contributed by atoms with Gasteiger partial charge in [-0.15, -0.1) is 0 Å². The molecule has 3 aromatic carbocycles. The number of carbonyl (C=O) groups is 1. The molecule has 0 unspecified atom stereocenters. The van der Waals surface area contributed by atoms with Gasteiger partial charge in [-0.3, -0.25) is 4.79 Å². The van der Waals surface area contributed by atoms with Crippen LogP contribution in [0.15, 0.2) is 69.9 Å². The highest BCUT2D eigenvalue weighted by Crippen LogP contribution is 2.30. The lowest BCUT2D eigenvalue weighted by Gasteiger charge is -2.12. The minimum atomic E-state index is -0.822. The number of methoxy groups -OCH3 is 1. The molecule has 36 heavy (non-hydrogen) atoms. The Morgan fingerprint density at radius 1 is 1.17 bits per heavy atom. The largest absolute Gasteiger partial charge is 0.497 e. The van der Waals surface area contributed by atoms with Gasteiger partial charge in [0.15, 0.2) is 0 Å². The van der Waals surface area contributed by atoms with Gasteiger partial charge < -0.3 is 24.8 Å². The lowest BCUT2D eigenvalue weighted by Crippen LogP contribution is -2.22. The van der Waals surface area contributed by atoms with Crippen molar-refractivity contribution in [1.29, 1.82) is 0 Å². The van der Waals surface area contributed by atoms with Gasteiger partial charge >= 0.3 is 5.63 Å². The number of fused-ring (bicyclic) bond motifs is 2. The van der Waals surface area contributed by atoms with Crippen LogP contribution < -0.4 is 21.4 Å². The molecule has 0 saturated carbocycles. The van der Waals surface area contributed by atoms with Crippen molar-refractivity contribution in [1.82, 2.24) is 9.55 Å². The van der Waals surface area contributed by atoms with E-state index in [-0.39, 0.29) is 5.56 Å². The Labute approximate surface area is 211 Å². The molecule has 0 saturated heterocycles. The SMILES string of the molecule is COc1ccc(Nc2nc3cc4c(C)c(C(N)=O)c(=O)oc4cc3n2CCc2cccc(Cl)c2)cc1. The number of amides is 1. The number of nitrogens with two attached hydrogens (primary N) is 1. The van der Waals surface area contributed by atoms with Gasteiger partial charge in [0, 0.05) is 28.7 Å². The third kappa shape index (κ3) is 4.38. The first-order valence-corrected chi connectivity index (χ1v) is 11.6. The molecule has 2 aromatic heterocycles. The fraction of sp³-hybridized carbons (Fsp3) is 0.148. The molecule has 0 bridgehead atoms. The first-order chi connectivity index (χ1) is 17.3. The summed E-state index contributed by atoms with van der Waals surface area (Å²) in [5.74, 6) is 0.539. The Morgan fingerprint density at radius 2 is 1.94 bits per heavy atom.